The lowest BCUT2D eigenvalue weighted by molar-refractivity contribution is 0.0968. The highest BCUT2D eigenvalue weighted by Gasteiger charge is 2.45. The van der Waals surface area contributed by atoms with E-state index in [9.17, 15) is 9.36 Å². The summed E-state index contributed by atoms with van der Waals surface area (Å²) in [5.41, 5.74) is 1.57. The molecule has 0 amide bonds. The Morgan fingerprint density at radius 3 is 1.92 bits per heavy atom. The van der Waals surface area contributed by atoms with Gasteiger partial charge in [-0.15, -0.1) is 13.2 Å². The summed E-state index contributed by atoms with van der Waals surface area (Å²) in [5.74, 6) is 0.000280. The van der Waals surface area contributed by atoms with Gasteiger partial charge in [0.2, 0.25) is 0 Å². The summed E-state index contributed by atoms with van der Waals surface area (Å²) in [6, 6.07) is 18.9. The van der Waals surface area contributed by atoms with Crippen molar-refractivity contribution in [2.45, 2.75) is 18.5 Å². The molecule has 0 aromatic heterocycles. The lowest BCUT2D eigenvalue weighted by atomic mass is 9.92. The van der Waals surface area contributed by atoms with E-state index in [1.807, 2.05) is 55.5 Å². The highest BCUT2D eigenvalue weighted by Crippen LogP contribution is 2.65. The van der Waals surface area contributed by atoms with Gasteiger partial charge >= 0.3 is 0 Å². The maximum atomic E-state index is 13.9. The van der Waals surface area contributed by atoms with E-state index in [2.05, 4.69) is 13.2 Å². The number of ketones is 1. The average molecular weight is 352 g/mol. The van der Waals surface area contributed by atoms with Gasteiger partial charge in [-0.25, -0.2) is 0 Å². The maximum absolute atomic E-state index is 13.9. The van der Waals surface area contributed by atoms with Crippen LogP contribution in [0.5, 0.6) is 0 Å². The molecule has 0 heterocycles. The molecule has 2 aromatic rings. The predicted octanol–water partition coefficient (Wildman–Crippen LogP) is 5.91. The molecule has 0 N–H and O–H groups in total. The molecule has 2 rings (SSSR count). The zero-order valence-electron chi connectivity index (χ0n) is 14.7. The summed E-state index contributed by atoms with van der Waals surface area (Å²) in [6.07, 6.45) is 4.34. The fourth-order valence-corrected chi connectivity index (χ4v) is 6.05. The Kier molecular flexibility index (Phi) is 6.33. The number of hydrogen-bond donors (Lipinski definition) is 0. The van der Waals surface area contributed by atoms with Crippen LogP contribution in [0.3, 0.4) is 0 Å². The minimum Gasteiger partial charge on any atom is -0.322 e. The Balaban J connectivity index is 2.53. The fourth-order valence-electron chi connectivity index (χ4n) is 3.21. The number of carbonyl (C=O) groups excluding carboxylic acids is 1. The quantitative estimate of drug-likeness (QED) is 0.319. The third-order valence-electron chi connectivity index (χ3n) is 4.74. The van der Waals surface area contributed by atoms with Gasteiger partial charge in [-0.3, -0.25) is 4.79 Å². The van der Waals surface area contributed by atoms with Crippen LogP contribution in [0, 0.1) is 0 Å². The molecular formula is C22H25O2P. The third kappa shape index (κ3) is 4.08. The van der Waals surface area contributed by atoms with Gasteiger partial charge in [0.25, 0.3) is 0 Å². The molecule has 0 radical (unpaired) electrons. The van der Waals surface area contributed by atoms with E-state index in [-0.39, 0.29) is 12.2 Å². The van der Waals surface area contributed by atoms with Crippen LogP contribution >= 0.6 is 7.14 Å². The number of benzene rings is 2. The first-order valence-corrected chi connectivity index (χ1v) is 10.5. The first-order valence-electron chi connectivity index (χ1n) is 8.40. The van der Waals surface area contributed by atoms with E-state index in [4.69, 9.17) is 0 Å². The molecular weight excluding hydrogens is 327 g/mol. The molecule has 0 aliphatic carbocycles. The Morgan fingerprint density at radius 1 is 0.960 bits per heavy atom. The third-order valence-corrected chi connectivity index (χ3v) is 8.65. The van der Waals surface area contributed by atoms with Crippen LogP contribution in [0.15, 0.2) is 86.0 Å². The summed E-state index contributed by atoms with van der Waals surface area (Å²) in [4.78, 5) is 12.9. The second-order valence-corrected chi connectivity index (χ2v) is 9.93. The van der Waals surface area contributed by atoms with E-state index >= 15 is 0 Å². The van der Waals surface area contributed by atoms with Gasteiger partial charge in [0.1, 0.15) is 7.14 Å². The smallest absolute Gasteiger partial charge is 0.164 e. The first kappa shape index (κ1) is 19.1. The van der Waals surface area contributed by atoms with Crippen LogP contribution in [0.25, 0.3) is 0 Å². The first-order chi connectivity index (χ1) is 12.0. The van der Waals surface area contributed by atoms with Crippen LogP contribution < -0.4 is 0 Å². The van der Waals surface area contributed by atoms with Crippen molar-refractivity contribution in [1.29, 1.82) is 0 Å². The fraction of sp³-hybridized carbons (Fsp3) is 0.227. The lowest BCUT2D eigenvalue weighted by Crippen LogP contribution is -2.28. The Morgan fingerprint density at radius 2 is 1.44 bits per heavy atom. The Labute approximate surface area is 150 Å². The molecule has 0 saturated heterocycles. The molecule has 130 valence electrons. The van der Waals surface area contributed by atoms with Gasteiger partial charge in [0, 0.05) is 24.3 Å². The van der Waals surface area contributed by atoms with Gasteiger partial charge in [0.15, 0.2) is 5.78 Å². The maximum Gasteiger partial charge on any atom is 0.164 e. The molecule has 0 bridgehead atoms. The SMILES string of the molecule is C=CCP(=O)(CC=C)[C@](C)(CC(=O)c1ccccc1)c1ccccc1. The van der Waals surface area contributed by atoms with Gasteiger partial charge < -0.3 is 4.57 Å². The van der Waals surface area contributed by atoms with Crippen LogP contribution in [0.1, 0.15) is 29.3 Å². The van der Waals surface area contributed by atoms with Crippen molar-refractivity contribution in [2.24, 2.45) is 0 Å². The van der Waals surface area contributed by atoms with Gasteiger partial charge in [0.05, 0.1) is 5.16 Å². The van der Waals surface area contributed by atoms with Gasteiger partial charge in [-0.05, 0) is 12.5 Å². The predicted molar refractivity (Wildman–Crippen MR) is 107 cm³/mol. The largest absolute Gasteiger partial charge is 0.322 e. The van der Waals surface area contributed by atoms with E-state index in [1.54, 1.807) is 24.3 Å². The number of carbonyl (C=O) groups is 1. The molecule has 0 saturated carbocycles. The average Bonchev–Trinajstić information content (AvgIpc) is 2.63. The highest BCUT2D eigenvalue weighted by atomic mass is 31.2. The topological polar surface area (TPSA) is 34.1 Å². The van der Waals surface area contributed by atoms with Crippen LogP contribution in [0.2, 0.25) is 0 Å². The zero-order valence-corrected chi connectivity index (χ0v) is 15.6. The normalized spacial score (nSPS) is 13.6. The van der Waals surface area contributed by atoms with Crippen molar-refractivity contribution in [1.82, 2.24) is 0 Å². The van der Waals surface area contributed by atoms with Crippen molar-refractivity contribution in [2.75, 3.05) is 12.3 Å². The molecule has 2 aromatic carbocycles. The molecule has 0 fully saturated rings. The van der Waals surface area contributed by atoms with Gasteiger partial charge in [-0.1, -0.05) is 72.8 Å². The zero-order chi connectivity index (χ0) is 18.3. The van der Waals surface area contributed by atoms with Crippen molar-refractivity contribution in [3.63, 3.8) is 0 Å². The van der Waals surface area contributed by atoms with Crippen molar-refractivity contribution in [3.05, 3.63) is 97.1 Å². The van der Waals surface area contributed by atoms with Crippen molar-refractivity contribution in [3.8, 4) is 0 Å². The summed E-state index contributed by atoms with van der Waals surface area (Å²) in [6.45, 7) is 9.50. The highest BCUT2D eigenvalue weighted by molar-refractivity contribution is 7.65. The second-order valence-electron chi connectivity index (χ2n) is 6.44. The van der Waals surface area contributed by atoms with E-state index < -0.39 is 12.3 Å². The van der Waals surface area contributed by atoms with Crippen molar-refractivity contribution >= 4 is 12.9 Å². The molecule has 1 atom stereocenters. The van der Waals surface area contributed by atoms with Crippen LogP contribution in [-0.4, -0.2) is 18.1 Å². The molecule has 3 heteroatoms. The van der Waals surface area contributed by atoms with Crippen molar-refractivity contribution < 1.29 is 9.36 Å². The van der Waals surface area contributed by atoms with E-state index in [0.717, 1.165) is 5.56 Å². The minimum absolute atomic E-state index is 0.000280. The number of allylic oxidation sites excluding steroid dienone is 2. The molecule has 0 aliphatic heterocycles. The molecule has 0 unspecified atom stereocenters. The van der Waals surface area contributed by atoms with E-state index in [0.29, 0.717) is 17.9 Å². The number of hydrogen-bond acceptors (Lipinski definition) is 2. The summed E-state index contributed by atoms with van der Waals surface area (Å²) in [5, 5.41) is -0.760. The standard InChI is InChI=1S/C22H25O2P/c1-4-16-25(24,17-5-2)22(3,20-14-10-7-11-15-20)18-21(23)19-12-8-6-9-13-19/h4-15H,1-2,16-18H2,3H3/t22-/m1/s1. The summed E-state index contributed by atoms with van der Waals surface area (Å²) in [7, 11) is -2.79. The number of rotatable bonds is 9. The summed E-state index contributed by atoms with van der Waals surface area (Å²) < 4.78 is 13.9. The van der Waals surface area contributed by atoms with Gasteiger partial charge in [-0.2, -0.15) is 0 Å². The minimum atomic E-state index is -2.79. The monoisotopic (exact) mass is 352 g/mol. The van der Waals surface area contributed by atoms with Crippen LogP contribution in [0.4, 0.5) is 0 Å². The molecule has 0 aliphatic rings. The molecule has 2 nitrogen and oxygen atoms in total. The Hall–Kier alpha value is -2.18. The lowest BCUT2D eigenvalue weighted by Gasteiger charge is -2.37. The molecule has 0 spiro atoms. The van der Waals surface area contributed by atoms with Crippen LogP contribution in [-0.2, 0) is 9.72 Å². The molecule has 25 heavy (non-hydrogen) atoms. The second kappa shape index (κ2) is 8.27. The Bertz CT molecular complexity index is 766. The summed E-state index contributed by atoms with van der Waals surface area (Å²) >= 11 is 0. The van der Waals surface area contributed by atoms with E-state index in [1.165, 1.54) is 0 Å². The number of Topliss-reactive ketones (excluding diaryl/α,β-unsaturated/α-hetero) is 1.